The Morgan fingerprint density at radius 1 is 0.775 bits per heavy atom. The Hall–Kier alpha value is -4.54. The Bertz CT molecular complexity index is 1890. The van der Waals surface area contributed by atoms with Gasteiger partial charge in [0.1, 0.15) is 0 Å². The number of fused-ring (bicyclic) bond motifs is 1. The number of carbonyl (C=O) groups excluding carboxylic acids is 2. The van der Waals surface area contributed by atoms with Gasteiger partial charge in [-0.1, -0.05) is 103 Å². The molecule has 4 bridgehead atoms. The number of amides is 2. The van der Waals surface area contributed by atoms with E-state index in [1.165, 1.54) is 4.90 Å². The van der Waals surface area contributed by atoms with Crippen molar-refractivity contribution in [1.29, 1.82) is 0 Å². The van der Waals surface area contributed by atoms with Crippen LogP contribution in [0.4, 0.5) is 11.4 Å². The van der Waals surface area contributed by atoms with E-state index in [1.807, 2.05) is 79.0 Å². The molecule has 1 aliphatic heterocycles. The minimum absolute atomic E-state index is 0.158. The molecule has 192 valence electrons. The van der Waals surface area contributed by atoms with Crippen LogP contribution in [-0.4, -0.2) is 18.0 Å². The molecule has 0 saturated carbocycles. The van der Waals surface area contributed by atoms with E-state index >= 15 is 0 Å². The number of rotatable bonds is 3. The van der Waals surface area contributed by atoms with Gasteiger partial charge in [-0.25, -0.2) is 4.90 Å². The van der Waals surface area contributed by atoms with E-state index in [1.54, 1.807) is 6.07 Å². The van der Waals surface area contributed by atoms with Crippen molar-refractivity contribution in [3.8, 4) is 0 Å². The molecule has 11 rings (SSSR count). The van der Waals surface area contributed by atoms with E-state index in [9.17, 15) is 9.59 Å². The molecule has 0 spiro atoms. The van der Waals surface area contributed by atoms with Crippen LogP contribution < -0.4 is 4.90 Å². The van der Waals surface area contributed by atoms with Gasteiger partial charge in [-0.15, -0.1) is 0 Å². The first-order valence-electron chi connectivity index (χ1n) is 13.4. The minimum atomic E-state index is -0.939. The predicted octanol–water partition coefficient (Wildman–Crippen LogP) is 7.45. The lowest BCUT2D eigenvalue weighted by Gasteiger charge is -2.48. The second-order valence-electron chi connectivity index (χ2n) is 10.8. The number of carbonyl (C=O) groups is 2. The van der Waals surface area contributed by atoms with Crippen molar-refractivity contribution in [2.24, 2.45) is 16.8 Å². The number of nitrogens with zero attached hydrogens (tertiary/aromatic N) is 2. The van der Waals surface area contributed by atoms with Gasteiger partial charge >= 0.3 is 0 Å². The van der Waals surface area contributed by atoms with Crippen molar-refractivity contribution < 1.29 is 9.59 Å². The molecule has 4 nitrogen and oxygen atoms in total. The molecular formula is C35H23ClN2O2. The molecule has 6 aliphatic rings. The van der Waals surface area contributed by atoms with Crippen LogP contribution in [0, 0.1) is 11.8 Å². The second-order valence-corrected chi connectivity index (χ2v) is 11.2. The van der Waals surface area contributed by atoms with Crippen LogP contribution in [0.25, 0.3) is 10.8 Å². The summed E-state index contributed by atoms with van der Waals surface area (Å²) in [4.78, 5) is 35.7. The van der Waals surface area contributed by atoms with Crippen LogP contribution in [0.1, 0.15) is 28.2 Å². The van der Waals surface area contributed by atoms with Gasteiger partial charge in [0.05, 0.1) is 28.6 Å². The molecule has 5 aromatic carbocycles. The first kappa shape index (κ1) is 23.4. The first-order valence-corrected chi connectivity index (χ1v) is 13.8. The van der Waals surface area contributed by atoms with Crippen molar-refractivity contribution in [3.05, 3.63) is 143 Å². The number of hydrogen-bond donors (Lipinski definition) is 0. The number of imide groups is 1. The van der Waals surface area contributed by atoms with Gasteiger partial charge in [0.2, 0.25) is 11.8 Å². The molecule has 5 heteroatoms. The number of benzene rings is 5. The highest BCUT2D eigenvalue weighted by atomic mass is 35.5. The van der Waals surface area contributed by atoms with Crippen molar-refractivity contribution in [2.45, 2.75) is 11.3 Å². The smallest absolute Gasteiger partial charge is 0.239 e. The molecule has 1 fully saturated rings. The van der Waals surface area contributed by atoms with Crippen LogP contribution in [-0.2, 0) is 15.0 Å². The van der Waals surface area contributed by atoms with E-state index in [-0.39, 0.29) is 17.7 Å². The van der Waals surface area contributed by atoms with Gasteiger partial charge in [-0.05, 0) is 51.9 Å². The molecular weight excluding hydrogens is 516 g/mol. The number of anilines is 1. The summed E-state index contributed by atoms with van der Waals surface area (Å²) in [7, 11) is 0. The summed E-state index contributed by atoms with van der Waals surface area (Å²) < 4.78 is 0. The average Bonchev–Trinajstić information content (AvgIpc) is 3.23. The summed E-state index contributed by atoms with van der Waals surface area (Å²) in [6.07, 6.45) is 1.89. The molecule has 40 heavy (non-hydrogen) atoms. The monoisotopic (exact) mass is 538 g/mol. The van der Waals surface area contributed by atoms with E-state index < -0.39 is 17.3 Å². The molecule has 0 aromatic heterocycles. The lowest BCUT2D eigenvalue weighted by atomic mass is 9.52. The van der Waals surface area contributed by atoms with Crippen molar-refractivity contribution >= 4 is 51.8 Å². The van der Waals surface area contributed by atoms with Crippen LogP contribution in [0.3, 0.4) is 0 Å². The third-order valence-electron chi connectivity index (χ3n) is 8.92. The maximum atomic E-state index is 14.8. The third kappa shape index (κ3) is 3.05. The molecule has 2 amide bonds. The molecule has 5 aliphatic carbocycles. The highest BCUT2D eigenvalue weighted by Gasteiger charge is 2.65. The largest absolute Gasteiger partial charge is 0.274 e. The Morgan fingerprint density at radius 2 is 1.52 bits per heavy atom. The normalized spacial score (nSPS) is 24.4. The van der Waals surface area contributed by atoms with Crippen LogP contribution in [0.15, 0.2) is 120 Å². The molecule has 0 unspecified atom stereocenters. The van der Waals surface area contributed by atoms with Crippen LogP contribution in [0.2, 0.25) is 5.02 Å². The molecule has 0 N–H and O–H groups in total. The average molecular weight is 539 g/mol. The van der Waals surface area contributed by atoms with E-state index in [0.717, 1.165) is 33.0 Å². The van der Waals surface area contributed by atoms with Gasteiger partial charge in [-0.2, -0.15) is 0 Å². The summed E-state index contributed by atoms with van der Waals surface area (Å²) in [6.45, 7) is 0. The standard InChI is InChI=1S/C35H23ClN2O2/c36-24-9-6-10-25(19-24)37-20-35-23-17-15-22(16-18-23)30(27-12-3-4-13-28(27)35)31-32(35)34(40)38(33(31)39)29-14-5-8-21-7-1-2-11-26(21)29/h1-20,30-32H/t30-,31-,32-,35-/m0/s1. The van der Waals surface area contributed by atoms with Crippen LogP contribution in [0.5, 0.6) is 0 Å². The summed E-state index contributed by atoms with van der Waals surface area (Å²) in [6, 6.07) is 37.7. The lowest BCUT2D eigenvalue weighted by molar-refractivity contribution is -0.122. The molecule has 5 aromatic rings. The Kier molecular flexibility index (Phi) is 4.95. The van der Waals surface area contributed by atoms with E-state index in [2.05, 4.69) is 36.4 Å². The fourth-order valence-electron chi connectivity index (χ4n) is 7.30. The first-order chi connectivity index (χ1) is 19.6. The molecule has 1 saturated heterocycles. The predicted molar refractivity (Wildman–Crippen MR) is 159 cm³/mol. The topological polar surface area (TPSA) is 49.7 Å². The molecule has 1 heterocycles. The highest BCUT2D eigenvalue weighted by Crippen LogP contribution is 2.60. The number of aliphatic imine (C=N–C) groups is 1. The summed E-state index contributed by atoms with van der Waals surface area (Å²) in [5.74, 6) is -1.80. The SMILES string of the molecule is O=C1[C@H]2[C@H]3c4ccc(cc4)[C@@](C=Nc4cccc(Cl)c4)(c4ccccc43)[C@@H]2C(=O)N1c1cccc2ccccc12. The maximum Gasteiger partial charge on any atom is 0.239 e. The number of halogens is 1. The third-order valence-corrected chi connectivity index (χ3v) is 9.16. The van der Waals surface area contributed by atoms with Gasteiger partial charge in [0, 0.05) is 22.5 Å². The summed E-state index contributed by atoms with van der Waals surface area (Å²) >= 11 is 6.29. The van der Waals surface area contributed by atoms with Crippen molar-refractivity contribution in [3.63, 3.8) is 0 Å². The fourth-order valence-corrected chi connectivity index (χ4v) is 7.48. The summed E-state index contributed by atoms with van der Waals surface area (Å²) in [5, 5.41) is 2.46. The van der Waals surface area contributed by atoms with Gasteiger partial charge in [0.15, 0.2) is 0 Å². The summed E-state index contributed by atoms with van der Waals surface area (Å²) in [5.41, 5.74) is 4.48. The zero-order chi connectivity index (χ0) is 27.0. The maximum absolute atomic E-state index is 14.8. The van der Waals surface area contributed by atoms with Gasteiger partial charge in [-0.3, -0.25) is 14.6 Å². The quantitative estimate of drug-likeness (QED) is 0.177. The second kappa shape index (κ2) is 8.48. The Labute approximate surface area is 236 Å². The van der Waals surface area contributed by atoms with Crippen molar-refractivity contribution in [2.75, 3.05) is 4.90 Å². The molecule has 0 radical (unpaired) electrons. The van der Waals surface area contributed by atoms with Crippen molar-refractivity contribution in [1.82, 2.24) is 0 Å². The zero-order valence-electron chi connectivity index (χ0n) is 21.4. The Balaban J connectivity index is 1.41. The Morgan fingerprint density at radius 3 is 2.38 bits per heavy atom. The molecule has 4 atom stereocenters. The fraction of sp³-hybridized carbons (Fsp3) is 0.114. The van der Waals surface area contributed by atoms with Gasteiger partial charge in [0.25, 0.3) is 0 Å². The van der Waals surface area contributed by atoms with E-state index in [4.69, 9.17) is 16.6 Å². The lowest BCUT2D eigenvalue weighted by Crippen LogP contribution is -2.51. The minimum Gasteiger partial charge on any atom is -0.274 e. The van der Waals surface area contributed by atoms with Gasteiger partial charge < -0.3 is 0 Å². The number of hydrogen-bond acceptors (Lipinski definition) is 3. The highest BCUT2D eigenvalue weighted by molar-refractivity contribution is 6.31. The van der Waals surface area contributed by atoms with E-state index in [0.29, 0.717) is 16.4 Å². The van der Waals surface area contributed by atoms with Crippen LogP contribution >= 0.6 is 11.6 Å². The zero-order valence-corrected chi connectivity index (χ0v) is 22.1.